The molecule has 4 aromatic rings. The molecular formula is C56H84N10O11. The van der Waals surface area contributed by atoms with Gasteiger partial charge in [0.05, 0.1) is 25.7 Å². The van der Waals surface area contributed by atoms with E-state index in [1.165, 1.54) is 20.3 Å². The van der Waals surface area contributed by atoms with Crippen LogP contribution in [0.2, 0.25) is 0 Å². The normalized spacial score (nSPS) is 15.9. The number of amides is 5. The van der Waals surface area contributed by atoms with Crippen molar-refractivity contribution < 1.29 is 52.8 Å². The lowest BCUT2D eigenvalue weighted by atomic mass is 10.1. The van der Waals surface area contributed by atoms with Crippen LogP contribution in [0.5, 0.6) is 0 Å². The minimum atomic E-state index is -1.19. The SMILES string of the molecule is CC(C)(C)OC(=O)N1CCN(C(=O)OC(C)(C)C)[C@@H](C(=O)N(CCCn2ccnc2)Cc2ccccc2)C1.CC(C)(C)OC(=O)N1CCN(C(=O)OC(C)(C)C)[C@@H](C(=O)O)C1.c1ccc(CNCCCn2ccnc2)cc1. The Kier molecular flexibility index (Phi) is 23.4. The van der Waals surface area contributed by atoms with Crippen LogP contribution < -0.4 is 5.32 Å². The monoisotopic (exact) mass is 1070 g/mol. The molecule has 0 spiro atoms. The van der Waals surface area contributed by atoms with Crippen LogP contribution in [-0.4, -0.2) is 172 Å². The highest BCUT2D eigenvalue weighted by atomic mass is 16.6. The molecule has 4 heterocycles. The predicted molar refractivity (Wildman–Crippen MR) is 290 cm³/mol. The Morgan fingerprint density at radius 2 is 0.987 bits per heavy atom. The quantitative estimate of drug-likeness (QED) is 0.0899. The number of piperazine rings is 2. The van der Waals surface area contributed by atoms with Gasteiger partial charge in [-0.1, -0.05) is 60.7 Å². The Hall–Kier alpha value is -7.16. The highest BCUT2D eigenvalue weighted by molar-refractivity contribution is 5.87. The van der Waals surface area contributed by atoms with Gasteiger partial charge in [0.15, 0.2) is 6.04 Å². The summed E-state index contributed by atoms with van der Waals surface area (Å²) in [4.78, 5) is 91.1. The van der Waals surface area contributed by atoms with Crippen LogP contribution in [0.15, 0.2) is 98.1 Å². The zero-order valence-electron chi connectivity index (χ0n) is 47.3. The van der Waals surface area contributed by atoms with Crippen LogP contribution in [0.4, 0.5) is 19.2 Å². The number of ether oxygens (including phenoxy) is 4. The molecule has 21 heteroatoms. The average molecular weight is 1070 g/mol. The molecule has 0 aliphatic carbocycles. The maximum Gasteiger partial charge on any atom is 0.411 e. The van der Waals surface area contributed by atoms with Crippen LogP contribution in [-0.2, 0) is 54.7 Å². The summed E-state index contributed by atoms with van der Waals surface area (Å²) in [6.45, 7) is 26.2. The van der Waals surface area contributed by atoms with E-state index in [0.717, 1.165) is 36.5 Å². The van der Waals surface area contributed by atoms with Gasteiger partial charge in [0.25, 0.3) is 0 Å². The van der Waals surface area contributed by atoms with Gasteiger partial charge in [-0.05, 0) is 114 Å². The lowest BCUT2D eigenvalue weighted by molar-refractivity contribution is -0.145. The van der Waals surface area contributed by atoms with Gasteiger partial charge < -0.3 is 53.2 Å². The number of aryl methyl sites for hydroxylation is 2. The molecule has 0 bridgehead atoms. The third kappa shape index (κ3) is 23.3. The second-order valence-corrected chi connectivity index (χ2v) is 22.8. The van der Waals surface area contributed by atoms with Crippen LogP contribution in [0.3, 0.4) is 0 Å². The molecule has 2 aliphatic rings. The van der Waals surface area contributed by atoms with Crippen molar-refractivity contribution in [2.24, 2.45) is 0 Å². The summed E-state index contributed by atoms with van der Waals surface area (Å²) in [6, 6.07) is 18.1. The number of carboxylic acid groups (broad SMARTS) is 1. The maximum atomic E-state index is 14.1. The number of benzene rings is 2. The molecule has 0 saturated carbocycles. The van der Waals surface area contributed by atoms with E-state index < -0.39 is 64.8 Å². The van der Waals surface area contributed by atoms with Gasteiger partial charge in [-0.2, -0.15) is 0 Å². The number of aliphatic carboxylic acids is 1. The molecule has 424 valence electrons. The van der Waals surface area contributed by atoms with Crippen LogP contribution in [0.25, 0.3) is 0 Å². The number of rotatable bonds is 14. The molecule has 2 atom stereocenters. The van der Waals surface area contributed by atoms with Crippen molar-refractivity contribution in [2.45, 2.75) is 157 Å². The van der Waals surface area contributed by atoms with Crippen LogP contribution >= 0.6 is 0 Å². The summed E-state index contributed by atoms with van der Waals surface area (Å²) < 4.78 is 25.7. The molecule has 2 N–H and O–H groups in total. The van der Waals surface area contributed by atoms with Gasteiger partial charge in [-0.3, -0.25) is 14.6 Å². The topological polar surface area (TPSA) is 223 Å². The summed E-state index contributed by atoms with van der Waals surface area (Å²) in [6.07, 6.45) is 10.5. The zero-order valence-corrected chi connectivity index (χ0v) is 47.3. The average Bonchev–Trinajstić information content (AvgIpc) is 4.08. The van der Waals surface area contributed by atoms with E-state index in [1.54, 1.807) is 101 Å². The Labute approximate surface area is 454 Å². The largest absolute Gasteiger partial charge is 0.480 e. The Morgan fingerprint density at radius 1 is 0.571 bits per heavy atom. The highest BCUT2D eigenvalue weighted by Crippen LogP contribution is 2.22. The molecule has 2 saturated heterocycles. The standard InChI is InChI=1S/C28H41N5O5.C15H26N2O6.C13H17N3/c1-27(2,3)37-25(35)32-17-18-33(26(36)38-28(4,5)6)23(20-32)24(34)31(19-22-11-8-7-9-12-22)15-10-14-30-16-13-29-21-30;1-14(2,3)22-12(20)16-7-8-17(10(9-16)11(18)19)13(21)23-15(4,5)6;1-2-5-13(6-3-1)11-14-7-4-9-16-10-8-15-12-16/h7-9,11-13,16,21,23H,10,14-15,17-20H2,1-6H3;10H,7-9H2,1-6H3,(H,18,19);1-3,5-6,8,10,12,14H,4,7,9,11H2/t23-;10-;/m11./s1. The molecule has 0 radical (unpaired) electrons. The van der Waals surface area contributed by atoms with Gasteiger partial charge in [0, 0.05) is 83.7 Å². The van der Waals surface area contributed by atoms with Gasteiger partial charge in [0.2, 0.25) is 5.91 Å². The van der Waals surface area contributed by atoms with Crippen molar-refractivity contribution in [3.8, 4) is 0 Å². The van der Waals surface area contributed by atoms with Gasteiger partial charge in [-0.15, -0.1) is 0 Å². The van der Waals surface area contributed by atoms with Crippen molar-refractivity contribution in [3.63, 3.8) is 0 Å². The summed E-state index contributed by atoms with van der Waals surface area (Å²) in [5, 5.41) is 12.8. The van der Waals surface area contributed by atoms with Crippen molar-refractivity contribution in [1.82, 2.24) is 48.9 Å². The number of carbonyl (C=O) groups excluding carboxylic acids is 5. The number of carboxylic acids is 1. The molecule has 2 aromatic carbocycles. The van der Waals surface area contributed by atoms with E-state index in [0.29, 0.717) is 26.1 Å². The smallest absolute Gasteiger partial charge is 0.411 e. The molecule has 6 rings (SSSR count). The van der Waals surface area contributed by atoms with E-state index in [-0.39, 0.29) is 45.2 Å². The molecule has 0 unspecified atom stereocenters. The fourth-order valence-electron chi connectivity index (χ4n) is 7.83. The summed E-state index contributed by atoms with van der Waals surface area (Å²) in [5.41, 5.74) is -0.467. The van der Waals surface area contributed by atoms with E-state index in [4.69, 9.17) is 18.9 Å². The highest BCUT2D eigenvalue weighted by Gasteiger charge is 2.43. The predicted octanol–water partition coefficient (Wildman–Crippen LogP) is 8.15. The number of hydrogen-bond donors (Lipinski definition) is 2. The molecule has 2 fully saturated rings. The molecule has 21 nitrogen and oxygen atoms in total. The van der Waals surface area contributed by atoms with E-state index >= 15 is 0 Å². The fourth-order valence-corrected chi connectivity index (χ4v) is 7.83. The molecule has 2 aliphatic heterocycles. The summed E-state index contributed by atoms with van der Waals surface area (Å²) >= 11 is 0. The van der Waals surface area contributed by atoms with E-state index in [9.17, 15) is 33.9 Å². The van der Waals surface area contributed by atoms with Gasteiger partial charge in [-0.25, -0.2) is 33.9 Å². The number of aromatic nitrogens is 4. The van der Waals surface area contributed by atoms with Crippen LogP contribution in [0.1, 0.15) is 107 Å². The Morgan fingerprint density at radius 3 is 1.42 bits per heavy atom. The number of carbonyl (C=O) groups is 6. The fraction of sp³-hybridized carbons (Fsp3) is 0.571. The summed E-state index contributed by atoms with van der Waals surface area (Å²) in [7, 11) is 0. The molecule has 2 aromatic heterocycles. The first-order valence-corrected chi connectivity index (χ1v) is 26.2. The number of imidazole rings is 2. The van der Waals surface area contributed by atoms with Crippen molar-refractivity contribution in [1.29, 1.82) is 0 Å². The van der Waals surface area contributed by atoms with E-state index in [2.05, 4.69) is 44.1 Å². The minimum Gasteiger partial charge on any atom is -0.480 e. The first-order valence-electron chi connectivity index (χ1n) is 26.2. The second kappa shape index (κ2) is 28.8. The minimum absolute atomic E-state index is 0.0276. The third-order valence-electron chi connectivity index (χ3n) is 11.3. The lowest BCUT2D eigenvalue weighted by Gasteiger charge is -2.42. The van der Waals surface area contributed by atoms with Crippen molar-refractivity contribution in [2.75, 3.05) is 52.4 Å². The molecular weight excluding hydrogens is 989 g/mol. The van der Waals surface area contributed by atoms with E-state index in [1.807, 2.05) is 65.9 Å². The molecule has 77 heavy (non-hydrogen) atoms. The second-order valence-electron chi connectivity index (χ2n) is 22.8. The van der Waals surface area contributed by atoms with Crippen molar-refractivity contribution >= 4 is 36.2 Å². The third-order valence-corrected chi connectivity index (χ3v) is 11.3. The first-order chi connectivity index (χ1) is 36.1. The maximum absolute atomic E-state index is 14.1. The summed E-state index contributed by atoms with van der Waals surface area (Å²) in [5.74, 6) is -1.43. The van der Waals surface area contributed by atoms with Crippen LogP contribution in [0, 0.1) is 0 Å². The van der Waals surface area contributed by atoms with Gasteiger partial charge >= 0.3 is 30.3 Å². The number of nitrogens with one attached hydrogen (secondary N) is 1. The first kappa shape index (κ1) is 62.4. The zero-order chi connectivity index (χ0) is 57.0. The lowest BCUT2D eigenvalue weighted by Crippen LogP contribution is -2.62. The number of nitrogens with zero attached hydrogens (tertiary/aromatic N) is 9. The molecule has 5 amide bonds. The van der Waals surface area contributed by atoms with Gasteiger partial charge in [0.1, 0.15) is 28.4 Å². The Bertz CT molecular complexity index is 2430. The van der Waals surface area contributed by atoms with Crippen molar-refractivity contribution in [3.05, 3.63) is 109 Å². The Balaban J connectivity index is 0.000000277. The number of hydrogen-bond acceptors (Lipinski definition) is 13.